The maximum absolute atomic E-state index is 12.0. The molecule has 6 nitrogen and oxygen atoms in total. The molecule has 0 bridgehead atoms. The maximum atomic E-state index is 12.0. The van der Waals surface area contributed by atoms with Crippen molar-refractivity contribution in [3.63, 3.8) is 0 Å². The number of aliphatic hydroxyl groups excluding tert-OH is 3. The molecular formula is C14H22Cl2N2O4. The first-order chi connectivity index (χ1) is 10.4. The minimum Gasteiger partial charge on any atom is -0.390 e. The minimum absolute atomic E-state index is 0.0562. The van der Waals surface area contributed by atoms with Crippen LogP contribution in [0.25, 0.3) is 0 Å². The smallest absolute Gasteiger partial charge is 0.245 e. The number of nitrogens with zero attached hydrogens (tertiary/aromatic N) is 1. The Hall–Kier alpha value is -0.400. The summed E-state index contributed by atoms with van der Waals surface area (Å²) in [6.07, 6.45) is 0.980. The highest BCUT2D eigenvalue weighted by molar-refractivity contribution is 6.24. The topological polar surface area (TPSA) is 102 Å². The standard InChI is InChI=1S/C14H22Cl2N2O4/c15-8-2-1-7(10(16)5-8)6-17-18-14(22)9-3-4-11(19)13(21)12(9)20/h6-13,19-21H,1-5H2,(H,18,22). The second kappa shape index (κ2) is 7.93. The van der Waals surface area contributed by atoms with Gasteiger partial charge in [0.25, 0.3) is 0 Å². The summed E-state index contributed by atoms with van der Waals surface area (Å²) in [7, 11) is 0. The Morgan fingerprint density at radius 3 is 2.50 bits per heavy atom. The molecule has 0 aromatic rings. The predicted molar refractivity (Wildman–Crippen MR) is 84.0 cm³/mol. The van der Waals surface area contributed by atoms with E-state index < -0.39 is 30.1 Å². The van der Waals surface area contributed by atoms with Crippen LogP contribution >= 0.6 is 23.2 Å². The van der Waals surface area contributed by atoms with E-state index in [0.29, 0.717) is 12.8 Å². The fourth-order valence-corrected chi connectivity index (χ4v) is 3.80. The molecule has 0 heterocycles. The van der Waals surface area contributed by atoms with Crippen molar-refractivity contribution in [2.24, 2.45) is 16.9 Å². The zero-order chi connectivity index (χ0) is 16.3. The van der Waals surface area contributed by atoms with Gasteiger partial charge in [0, 0.05) is 22.9 Å². The van der Waals surface area contributed by atoms with Crippen molar-refractivity contribution < 1.29 is 20.1 Å². The number of hydrogen-bond donors (Lipinski definition) is 4. The van der Waals surface area contributed by atoms with Crippen LogP contribution in [-0.2, 0) is 4.79 Å². The van der Waals surface area contributed by atoms with E-state index in [1.807, 2.05) is 0 Å². The Balaban J connectivity index is 1.83. The van der Waals surface area contributed by atoms with E-state index in [0.717, 1.165) is 12.8 Å². The Morgan fingerprint density at radius 1 is 1.09 bits per heavy atom. The fraction of sp³-hybridized carbons (Fsp3) is 0.857. The first-order valence-electron chi connectivity index (χ1n) is 7.55. The predicted octanol–water partition coefficient (Wildman–Crippen LogP) is 0.596. The zero-order valence-electron chi connectivity index (χ0n) is 12.1. The SMILES string of the molecule is O=C(NN=CC1CCC(Cl)CC1Cl)C1CCC(O)C(O)C1O. The van der Waals surface area contributed by atoms with Gasteiger partial charge in [-0.25, -0.2) is 5.43 Å². The average Bonchev–Trinajstić information content (AvgIpc) is 2.47. The Morgan fingerprint density at radius 2 is 1.82 bits per heavy atom. The Labute approximate surface area is 139 Å². The number of halogens is 2. The van der Waals surface area contributed by atoms with Crippen LogP contribution in [0.4, 0.5) is 0 Å². The molecule has 2 saturated carbocycles. The molecule has 7 unspecified atom stereocenters. The first-order valence-corrected chi connectivity index (χ1v) is 8.42. The lowest BCUT2D eigenvalue weighted by molar-refractivity contribution is -0.145. The third kappa shape index (κ3) is 4.32. The van der Waals surface area contributed by atoms with Crippen molar-refractivity contribution in [3.05, 3.63) is 0 Å². The van der Waals surface area contributed by atoms with E-state index in [4.69, 9.17) is 23.2 Å². The third-order valence-electron chi connectivity index (χ3n) is 4.47. The third-order valence-corrected chi connectivity index (χ3v) is 5.36. The van der Waals surface area contributed by atoms with E-state index in [2.05, 4.69) is 10.5 Å². The van der Waals surface area contributed by atoms with Crippen LogP contribution in [0.5, 0.6) is 0 Å². The summed E-state index contributed by atoms with van der Waals surface area (Å²) in [4.78, 5) is 12.0. The normalized spacial score (nSPS) is 43.2. The van der Waals surface area contributed by atoms with E-state index >= 15 is 0 Å². The molecule has 0 spiro atoms. The molecule has 22 heavy (non-hydrogen) atoms. The van der Waals surface area contributed by atoms with Crippen LogP contribution in [0.1, 0.15) is 32.1 Å². The second-order valence-corrected chi connectivity index (χ2v) is 7.25. The van der Waals surface area contributed by atoms with Crippen LogP contribution in [0.15, 0.2) is 5.10 Å². The number of alkyl halides is 2. The number of carbonyl (C=O) groups is 1. The molecule has 4 N–H and O–H groups in total. The van der Waals surface area contributed by atoms with Gasteiger partial charge in [0.15, 0.2) is 0 Å². The van der Waals surface area contributed by atoms with Crippen molar-refractivity contribution in [1.29, 1.82) is 0 Å². The fourth-order valence-electron chi connectivity index (χ4n) is 2.98. The number of rotatable bonds is 3. The molecule has 0 aromatic carbocycles. The van der Waals surface area contributed by atoms with Crippen molar-refractivity contribution in [2.75, 3.05) is 0 Å². The van der Waals surface area contributed by atoms with Crippen LogP contribution in [-0.4, -0.2) is 56.5 Å². The van der Waals surface area contributed by atoms with Gasteiger partial charge < -0.3 is 15.3 Å². The highest BCUT2D eigenvalue weighted by Crippen LogP contribution is 2.30. The Kier molecular flexibility index (Phi) is 6.46. The van der Waals surface area contributed by atoms with Crippen molar-refractivity contribution in [1.82, 2.24) is 5.43 Å². The van der Waals surface area contributed by atoms with Crippen LogP contribution in [0.2, 0.25) is 0 Å². The summed E-state index contributed by atoms with van der Waals surface area (Å²) in [6, 6.07) is 0. The van der Waals surface area contributed by atoms with Crippen LogP contribution < -0.4 is 5.43 Å². The Bertz CT molecular complexity index is 424. The number of amides is 1. The molecule has 2 rings (SSSR count). The number of hydrazone groups is 1. The van der Waals surface area contributed by atoms with Crippen molar-refractivity contribution in [2.45, 2.75) is 61.2 Å². The molecular weight excluding hydrogens is 331 g/mol. The van der Waals surface area contributed by atoms with Crippen molar-refractivity contribution >= 4 is 35.3 Å². The number of carbonyl (C=O) groups excluding carboxylic acids is 1. The molecule has 2 aliphatic carbocycles. The van der Waals surface area contributed by atoms with Crippen LogP contribution in [0.3, 0.4) is 0 Å². The quantitative estimate of drug-likeness (QED) is 0.339. The summed E-state index contributed by atoms with van der Waals surface area (Å²) in [5.74, 6) is -1.19. The van der Waals surface area contributed by atoms with Gasteiger partial charge in [-0.15, -0.1) is 23.2 Å². The highest BCUT2D eigenvalue weighted by Gasteiger charge is 2.40. The van der Waals surface area contributed by atoms with E-state index in [1.165, 1.54) is 0 Å². The summed E-state index contributed by atoms with van der Waals surface area (Å²) < 4.78 is 0. The number of hydrogen-bond acceptors (Lipinski definition) is 5. The van der Waals surface area contributed by atoms with Gasteiger partial charge in [-0.05, 0) is 32.1 Å². The molecule has 126 valence electrons. The average molecular weight is 353 g/mol. The molecule has 0 aliphatic heterocycles. The molecule has 2 fully saturated rings. The van der Waals surface area contributed by atoms with Gasteiger partial charge in [0.1, 0.15) is 6.10 Å². The van der Waals surface area contributed by atoms with E-state index in [9.17, 15) is 20.1 Å². The van der Waals surface area contributed by atoms with Crippen molar-refractivity contribution in [3.8, 4) is 0 Å². The van der Waals surface area contributed by atoms with E-state index in [1.54, 1.807) is 6.21 Å². The van der Waals surface area contributed by atoms with Gasteiger partial charge in [0.05, 0.1) is 18.1 Å². The number of nitrogens with one attached hydrogen (secondary N) is 1. The van der Waals surface area contributed by atoms with Gasteiger partial charge >= 0.3 is 0 Å². The molecule has 0 saturated heterocycles. The monoisotopic (exact) mass is 352 g/mol. The lowest BCUT2D eigenvalue weighted by Gasteiger charge is -2.33. The molecule has 8 heteroatoms. The zero-order valence-corrected chi connectivity index (χ0v) is 13.6. The molecule has 2 aliphatic rings. The summed E-state index contributed by atoms with van der Waals surface area (Å²) in [5.41, 5.74) is 2.38. The van der Waals surface area contributed by atoms with Gasteiger partial charge in [0.2, 0.25) is 5.91 Å². The number of aliphatic hydroxyl groups is 3. The first kappa shape index (κ1) is 17.9. The lowest BCUT2D eigenvalue weighted by atomic mass is 9.82. The van der Waals surface area contributed by atoms with Gasteiger partial charge in [-0.3, -0.25) is 4.79 Å². The molecule has 7 atom stereocenters. The minimum atomic E-state index is -1.31. The lowest BCUT2D eigenvalue weighted by Crippen LogP contribution is -2.50. The van der Waals surface area contributed by atoms with Crippen LogP contribution in [0, 0.1) is 11.8 Å². The van der Waals surface area contributed by atoms with E-state index in [-0.39, 0.29) is 23.1 Å². The summed E-state index contributed by atoms with van der Waals surface area (Å²) >= 11 is 12.2. The van der Waals surface area contributed by atoms with Gasteiger partial charge in [-0.2, -0.15) is 5.10 Å². The maximum Gasteiger partial charge on any atom is 0.245 e. The molecule has 1 amide bonds. The largest absolute Gasteiger partial charge is 0.390 e. The summed E-state index contributed by atoms with van der Waals surface area (Å²) in [6.45, 7) is 0. The summed E-state index contributed by atoms with van der Waals surface area (Å²) in [5, 5.41) is 32.8. The van der Waals surface area contributed by atoms with Gasteiger partial charge in [-0.1, -0.05) is 0 Å². The second-order valence-electron chi connectivity index (χ2n) is 6.08. The highest BCUT2D eigenvalue weighted by atomic mass is 35.5. The molecule has 0 radical (unpaired) electrons. The molecule has 0 aromatic heterocycles.